The molecule has 7 heteroatoms. The quantitative estimate of drug-likeness (QED) is 0.670. The minimum absolute atomic E-state index is 0.568. The van der Waals surface area contributed by atoms with Gasteiger partial charge in [-0.3, -0.25) is 4.79 Å². The molecule has 0 bridgehead atoms. The van der Waals surface area contributed by atoms with Gasteiger partial charge in [-0.1, -0.05) is 18.2 Å². The first-order valence-corrected chi connectivity index (χ1v) is 7.79. The zero-order valence-electron chi connectivity index (χ0n) is 12.1. The normalized spacial score (nSPS) is 10.2. The van der Waals surface area contributed by atoms with Crippen LogP contribution in [-0.4, -0.2) is 24.7 Å². The molecule has 0 aromatic heterocycles. The van der Waals surface area contributed by atoms with E-state index >= 15 is 0 Å². The standard InChI is InChI=1S/C16H13F2NO3S/c1-23-13-8-3-2-7-12(13)19-14(20)9-22-16(21)15-10(17)5-4-6-11(15)18/h2-8H,9H2,1H3,(H,19,20). The molecule has 2 rings (SSSR count). The van der Waals surface area contributed by atoms with Crippen LogP contribution < -0.4 is 5.32 Å². The molecule has 0 aliphatic rings. The van der Waals surface area contributed by atoms with Crippen LogP contribution in [0.1, 0.15) is 10.4 Å². The highest BCUT2D eigenvalue weighted by Crippen LogP contribution is 2.24. The van der Waals surface area contributed by atoms with Gasteiger partial charge in [0.1, 0.15) is 17.2 Å². The molecule has 120 valence electrons. The Kier molecular flexibility index (Phi) is 5.70. The number of amides is 1. The summed E-state index contributed by atoms with van der Waals surface area (Å²) in [5.74, 6) is -3.91. The number of ether oxygens (including phenoxy) is 1. The average molecular weight is 337 g/mol. The molecule has 4 nitrogen and oxygen atoms in total. The minimum atomic E-state index is -1.23. The van der Waals surface area contributed by atoms with Gasteiger partial charge in [-0.15, -0.1) is 11.8 Å². The monoisotopic (exact) mass is 337 g/mol. The lowest BCUT2D eigenvalue weighted by molar-refractivity contribution is -0.119. The number of nitrogens with one attached hydrogen (secondary N) is 1. The fourth-order valence-electron chi connectivity index (χ4n) is 1.83. The number of carbonyl (C=O) groups excluding carboxylic acids is 2. The van der Waals surface area contributed by atoms with Crippen LogP contribution in [0.5, 0.6) is 0 Å². The van der Waals surface area contributed by atoms with Crippen molar-refractivity contribution in [2.24, 2.45) is 0 Å². The molecule has 0 heterocycles. The maximum Gasteiger partial charge on any atom is 0.344 e. The van der Waals surface area contributed by atoms with E-state index in [0.717, 1.165) is 23.1 Å². The Morgan fingerprint density at radius 2 is 1.74 bits per heavy atom. The van der Waals surface area contributed by atoms with Crippen LogP contribution in [0, 0.1) is 11.6 Å². The third-order valence-corrected chi connectivity index (χ3v) is 3.68. The molecule has 0 radical (unpaired) electrons. The van der Waals surface area contributed by atoms with Crippen molar-refractivity contribution in [1.29, 1.82) is 0 Å². The maximum atomic E-state index is 13.4. The summed E-state index contributed by atoms with van der Waals surface area (Å²) in [5.41, 5.74) is -0.247. The van der Waals surface area contributed by atoms with E-state index in [1.54, 1.807) is 12.1 Å². The lowest BCUT2D eigenvalue weighted by Gasteiger charge is -2.10. The summed E-state index contributed by atoms with van der Waals surface area (Å²) in [7, 11) is 0. The Balaban J connectivity index is 1.98. The van der Waals surface area contributed by atoms with Gasteiger partial charge in [-0.25, -0.2) is 13.6 Å². The van der Waals surface area contributed by atoms with Crippen LogP contribution in [-0.2, 0) is 9.53 Å². The van der Waals surface area contributed by atoms with E-state index in [4.69, 9.17) is 0 Å². The van der Waals surface area contributed by atoms with E-state index in [1.165, 1.54) is 11.8 Å². The van der Waals surface area contributed by atoms with Crippen molar-refractivity contribution in [3.05, 3.63) is 59.7 Å². The van der Waals surface area contributed by atoms with E-state index in [9.17, 15) is 18.4 Å². The van der Waals surface area contributed by atoms with Crippen LogP contribution in [0.15, 0.2) is 47.4 Å². The summed E-state index contributed by atoms with van der Waals surface area (Å²) < 4.78 is 31.5. The molecule has 1 amide bonds. The second-order valence-corrected chi connectivity index (χ2v) is 5.27. The third-order valence-electron chi connectivity index (χ3n) is 2.88. The number of esters is 1. The van der Waals surface area contributed by atoms with Gasteiger partial charge in [-0.05, 0) is 30.5 Å². The number of benzene rings is 2. The molecule has 23 heavy (non-hydrogen) atoms. The highest BCUT2D eigenvalue weighted by Gasteiger charge is 2.19. The van der Waals surface area contributed by atoms with Crippen molar-refractivity contribution >= 4 is 29.3 Å². The zero-order valence-corrected chi connectivity index (χ0v) is 13.0. The van der Waals surface area contributed by atoms with Gasteiger partial charge >= 0.3 is 5.97 Å². The molecule has 0 unspecified atom stereocenters. The van der Waals surface area contributed by atoms with Crippen molar-refractivity contribution in [2.45, 2.75) is 4.90 Å². The first kappa shape index (κ1) is 17.0. The topological polar surface area (TPSA) is 55.4 Å². The average Bonchev–Trinajstić information content (AvgIpc) is 2.53. The lowest BCUT2D eigenvalue weighted by atomic mass is 10.2. The Labute approximate surface area is 135 Å². The van der Waals surface area contributed by atoms with Crippen LogP contribution in [0.3, 0.4) is 0 Å². The summed E-state index contributed by atoms with van der Waals surface area (Å²) in [6.45, 7) is -0.644. The summed E-state index contributed by atoms with van der Waals surface area (Å²) in [6.07, 6.45) is 1.85. The molecule has 0 saturated heterocycles. The summed E-state index contributed by atoms with van der Waals surface area (Å²) in [6, 6.07) is 10.1. The molecule has 0 saturated carbocycles. The van der Waals surface area contributed by atoms with Gasteiger partial charge in [0.2, 0.25) is 0 Å². The SMILES string of the molecule is CSc1ccccc1NC(=O)COC(=O)c1c(F)cccc1F. The molecular formula is C16H13F2NO3S. The number of para-hydroxylation sites is 1. The van der Waals surface area contributed by atoms with Gasteiger partial charge < -0.3 is 10.1 Å². The fourth-order valence-corrected chi connectivity index (χ4v) is 2.38. The Morgan fingerprint density at radius 1 is 1.09 bits per heavy atom. The highest BCUT2D eigenvalue weighted by molar-refractivity contribution is 7.98. The maximum absolute atomic E-state index is 13.4. The van der Waals surface area contributed by atoms with E-state index in [2.05, 4.69) is 10.1 Å². The molecule has 0 aliphatic carbocycles. The molecule has 0 atom stereocenters. The number of hydrogen-bond acceptors (Lipinski definition) is 4. The van der Waals surface area contributed by atoms with Crippen LogP contribution in [0.2, 0.25) is 0 Å². The zero-order chi connectivity index (χ0) is 16.8. The smallest absolute Gasteiger partial charge is 0.344 e. The molecule has 2 aromatic carbocycles. The molecule has 0 spiro atoms. The van der Waals surface area contributed by atoms with Crippen LogP contribution in [0.4, 0.5) is 14.5 Å². The second kappa shape index (κ2) is 7.73. The highest BCUT2D eigenvalue weighted by atomic mass is 32.2. The second-order valence-electron chi connectivity index (χ2n) is 4.42. The molecule has 0 fully saturated rings. The number of carbonyl (C=O) groups is 2. The Morgan fingerprint density at radius 3 is 2.39 bits per heavy atom. The van der Waals surface area contributed by atoms with E-state index in [-0.39, 0.29) is 0 Å². The third kappa shape index (κ3) is 4.29. The van der Waals surface area contributed by atoms with E-state index in [1.807, 2.05) is 18.4 Å². The summed E-state index contributed by atoms with van der Waals surface area (Å²) in [4.78, 5) is 24.3. The van der Waals surface area contributed by atoms with Gasteiger partial charge in [0.15, 0.2) is 6.61 Å². The number of thioether (sulfide) groups is 1. The first-order valence-electron chi connectivity index (χ1n) is 6.57. The van der Waals surface area contributed by atoms with Crippen molar-refractivity contribution in [1.82, 2.24) is 0 Å². The summed E-state index contributed by atoms with van der Waals surface area (Å²) in [5, 5.41) is 2.57. The molecule has 1 N–H and O–H groups in total. The first-order chi connectivity index (χ1) is 11.0. The number of hydrogen-bond donors (Lipinski definition) is 1. The number of anilines is 1. The van der Waals surface area contributed by atoms with Crippen molar-refractivity contribution in [3.63, 3.8) is 0 Å². The summed E-state index contributed by atoms with van der Waals surface area (Å²) >= 11 is 1.44. The predicted octanol–water partition coefficient (Wildman–Crippen LogP) is 3.48. The van der Waals surface area contributed by atoms with E-state index < -0.39 is 35.7 Å². The van der Waals surface area contributed by atoms with Crippen molar-refractivity contribution in [2.75, 3.05) is 18.2 Å². The van der Waals surface area contributed by atoms with Gasteiger partial charge in [0.05, 0.1) is 5.69 Å². The van der Waals surface area contributed by atoms with Crippen LogP contribution >= 0.6 is 11.8 Å². The Bertz CT molecular complexity index is 717. The van der Waals surface area contributed by atoms with Crippen molar-refractivity contribution < 1.29 is 23.1 Å². The number of halogens is 2. The molecule has 0 aliphatic heterocycles. The van der Waals surface area contributed by atoms with Crippen LogP contribution in [0.25, 0.3) is 0 Å². The van der Waals surface area contributed by atoms with E-state index in [0.29, 0.717) is 5.69 Å². The van der Waals surface area contributed by atoms with Crippen molar-refractivity contribution in [3.8, 4) is 0 Å². The number of rotatable bonds is 5. The van der Waals surface area contributed by atoms with Gasteiger partial charge in [0.25, 0.3) is 5.91 Å². The van der Waals surface area contributed by atoms with Gasteiger partial charge in [0, 0.05) is 4.90 Å². The lowest BCUT2D eigenvalue weighted by Crippen LogP contribution is -2.22. The molecular weight excluding hydrogens is 324 g/mol. The predicted molar refractivity (Wildman–Crippen MR) is 83.5 cm³/mol. The fraction of sp³-hybridized carbons (Fsp3) is 0.125. The largest absolute Gasteiger partial charge is 0.452 e. The van der Waals surface area contributed by atoms with Gasteiger partial charge in [-0.2, -0.15) is 0 Å². The molecule has 2 aromatic rings. The minimum Gasteiger partial charge on any atom is -0.452 e. The Hall–Kier alpha value is -2.41.